The van der Waals surface area contributed by atoms with E-state index in [1.807, 2.05) is 59.5 Å². The number of hydrogen-bond acceptors (Lipinski definition) is 4. The molecule has 2 aliphatic rings. The minimum absolute atomic E-state index is 0.00429. The topological polar surface area (TPSA) is 59.0 Å². The highest BCUT2D eigenvalue weighted by atomic mass is 16.5. The third-order valence-corrected chi connectivity index (χ3v) is 6.84. The van der Waals surface area contributed by atoms with Gasteiger partial charge in [0.25, 0.3) is 0 Å². The smallest absolute Gasteiger partial charge is 0.247 e. The van der Waals surface area contributed by atoms with E-state index in [1.165, 1.54) is 0 Å². The maximum atomic E-state index is 13.3. The van der Waals surface area contributed by atoms with Gasteiger partial charge in [-0.3, -0.25) is 4.79 Å². The van der Waals surface area contributed by atoms with Crippen molar-refractivity contribution in [1.29, 1.82) is 0 Å². The molecule has 0 aromatic heterocycles. The maximum Gasteiger partial charge on any atom is 0.247 e. The van der Waals surface area contributed by atoms with E-state index in [-0.39, 0.29) is 17.9 Å². The third kappa shape index (κ3) is 4.33. The van der Waals surface area contributed by atoms with Crippen LogP contribution in [0.5, 0.6) is 11.5 Å². The van der Waals surface area contributed by atoms with Gasteiger partial charge in [0, 0.05) is 24.1 Å². The molecule has 3 atom stereocenters. The SMILES string of the molecule is COc1ccc(/C=C/C(=O)N2CC[C@]3(O)CCCC[C@@H]3[C@H]2c2ccccc2OC)cc1. The molecular formula is C26H31NO4. The average molecular weight is 422 g/mol. The van der Waals surface area contributed by atoms with Crippen LogP contribution in [0.25, 0.3) is 6.08 Å². The van der Waals surface area contributed by atoms with Crippen LogP contribution in [0, 0.1) is 5.92 Å². The second kappa shape index (κ2) is 9.15. The number of benzene rings is 2. The van der Waals surface area contributed by atoms with Crippen molar-refractivity contribution in [2.24, 2.45) is 5.92 Å². The van der Waals surface area contributed by atoms with Gasteiger partial charge in [-0.15, -0.1) is 0 Å². The number of amides is 1. The zero-order valence-electron chi connectivity index (χ0n) is 18.3. The Kier molecular flexibility index (Phi) is 6.33. The maximum absolute atomic E-state index is 13.3. The number of ether oxygens (including phenoxy) is 2. The zero-order chi connectivity index (χ0) is 21.8. The van der Waals surface area contributed by atoms with Crippen molar-refractivity contribution in [3.8, 4) is 11.5 Å². The number of likely N-dealkylation sites (tertiary alicyclic amines) is 1. The molecule has 1 aliphatic carbocycles. The summed E-state index contributed by atoms with van der Waals surface area (Å²) < 4.78 is 10.8. The summed E-state index contributed by atoms with van der Waals surface area (Å²) in [5.74, 6) is 1.51. The van der Waals surface area contributed by atoms with Gasteiger partial charge in [0.1, 0.15) is 11.5 Å². The lowest BCUT2D eigenvalue weighted by Crippen LogP contribution is -2.56. The summed E-state index contributed by atoms with van der Waals surface area (Å²) in [5.41, 5.74) is 1.19. The molecule has 1 N–H and O–H groups in total. The molecule has 2 fully saturated rings. The predicted octanol–water partition coefficient (Wildman–Crippen LogP) is 4.61. The molecule has 31 heavy (non-hydrogen) atoms. The number of rotatable bonds is 5. The second-order valence-electron chi connectivity index (χ2n) is 8.53. The van der Waals surface area contributed by atoms with E-state index in [4.69, 9.17) is 9.47 Å². The van der Waals surface area contributed by atoms with Crippen molar-refractivity contribution in [2.45, 2.75) is 43.7 Å². The summed E-state index contributed by atoms with van der Waals surface area (Å²) in [4.78, 5) is 15.3. The van der Waals surface area contributed by atoms with E-state index < -0.39 is 5.60 Å². The normalized spacial score (nSPS) is 25.8. The molecule has 1 saturated carbocycles. The summed E-state index contributed by atoms with van der Waals surface area (Å²) in [6.45, 7) is 0.529. The number of fused-ring (bicyclic) bond motifs is 1. The summed E-state index contributed by atoms with van der Waals surface area (Å²) in [6.07, 6.45) is 7.91. The Bertz CT molecular complexity index is 939. The number of carbonyl (C=O) groups excluding carboxylic acids is 1. The molecule has 164 valence electrons. The Labute approximate surface area is 184 Å². The molecule has 1 heterocycles. The Morgan fingerprint density at radius 2 is 1.84 bits per heavy atom. The van der Waals surface area contributed by atoms with E-state index in [9.17, 15) is 9.90 Å². The first-order chi connectivity index (χ1) is 15.1. The fraction of sp³-hybridized carbons (Fsp3) is 0.423. The van der Waals surface area contributed by atoms with Gasteiger partial charge >= 0.3 is 0 Å². The standard InChI is InChI=1S/C26H31NO4/c1-30-20-13-10-19(11-14-20)12-15-24(28)27-18-17-26(29)16-6-5-8-22(26)25(27)21-7-3-4-9-23(21)31-2/h3-4,7,9-15,22,25,29H,5-6,8,16-18H2,1-2H3/b15-12+/t22-,25-,26-/m1/s1. The quantitative estimate of drug-likeness (QED) is 0.716. The lowest BCUT2D eigenvalue weighted by atomic mass is 9.66. The number of carbonyl (C=O) groups is 1. The first-order valence-electron chi connectivity index (χ1n) is 11.0. The van der Waals surface area contributed by atoms with Crippen LogP contribution < -0.4 is 9.47 Å². The van der Waals surface area contributed by atoms with E-state index in [0.29, 0.717) is 13.0 Å². The van der Waals surface area contributed by atoms with Gasteiger partial charge in [0.2, 0.25) is 5.91 Å². The van der Waals surface area contributed by atoms with E-state index in [0.717, 1.165) is 48.3 Å². The number of piperidine rings is 1. The zero-order valence-corrected chi connectivity index (χ0v) is 18.3. The molecule has 0 spiro atoms. The Balaban J connectivity index is 1.65. The van der Waals surface area contributed by atoms with E-state index >= 15 is 0 Å². The molecule has 1 saturated heterocycles. The fourth-order valence-electron chi connectivity index (χ4n) is 5.20. The lowest BCUT2D eigenvalue weighted by molar-refractivity contribution is -0.151. The van der Waals surface area contributed by atoms with Crippen molar-refractivity contribution in [3.05, 3.63) is 65.7 Å². The second-order valence-corrected chi connectivity index (χ2v) is 8.53. The number of nitrogens with zero attached hydrogens (tertiary/aromatic N) is 1. The summed E-state index contributed by atoms with van der Waals surface area (Å²) in [5, 5.41) is 11.4. The minimum Gasteiger partial charge on any atom is -0.497 e. The van der Waals surface area contributed by atoms with Gasteiger partial charge in [-0.25, -0.2) is 0 Å². The summed E-state index contributed by atoms with van der Waals surface area (Å²) >= 11 is 0. The molecule has 5 heteroatoms. The van der Waals surface area contributed by atoms with Crippen LogP contribution in [0.2, 0.25) is 0 Å². The number of aliphatic hydroxyl groups is 1. The highest BCUT2D eigenvalue weighted by Crippen LogP contribution is 2.50. The number of methoxy groups -OCH3 is 2. The van der Waals surface area contributed by atoms with Crippen LogP contribution >= 0.6 is 0 Å². The van der Waals surface area contributed by atoms with Gasteiger partial charge in [-0.1, -0.05) is 43.2 Å². The Morgan fingerprint density at radius 3 is 2.58 bits per heavy atom. The van der Waals surface area contributed by atoms with Gasteiger partial charge in [0.05, 0.1) is 25.9 Å². The summed E-state index contributed by atoms with van der Waals surface area (Å²) in [6, 6.07) is 15.3. The first-order valence-corrected chi connectivity index (χ1v) is 11.0. The van der Waals surface area contributed by atoms with Gasteiger partial charge < -0.3 is 19.5 Å². The van der Waals surface area contributed by atoms with Gasteiger partial charge in [-0.05, 0) is 49.1 Å². The molecule has 0 radical (unpaired) electrons. The fourth-order valence-corrected chi connectivity index (χ4v) is 5.20. The van der Waals surface area contributed by atoms with Crippen molar-refractivity contribution in [2.75, 3.05) is 20.8 Å². The Morgan fingerprint density at radius 1 is 1.06 bits per heavy atom. The molecule has 1 aliphatic heterocycles. The molecule has 1 amide bonds. The van der Waals surface area contributed by atoms with Crippen LogP contribution in [0.15, 0.2) is 54.6 Å². The molecule has 4 rings (SSSR count). The highest BCUT2D eigenvalue weighted by Gasteiger charge is 2.50. The number of hydrogen-bond donors (Lipinski definition) is 1. The van der Waals surface area contributed by atoms with Gasteiger partial charge in [0.15, 0.2) is 0 Å². The average Bonchev–Trinajstić information content (AvgIpc) is 2.81. The van der Waals surface area contributed by atoms with Crippen molar-refractivity contribution < 1.29 is 19.4 Å². The largest absolute Gasteiger partial charge is 0.497 e. The van der Waals surface area contributed by atoms with Crippen molar-refractivity contribution in [1.82, 2.24) is 4.90 Å². The third-order valence-electron chi connectivity index (χ3n) is 6.84. The van der Waals surface area contributed by atoms with Gasteiger partial charge in [-0.2, -0.15) is 0 Å². The molecule has 0 bridgehead atoms. The van der Waals surface area contributed by atoms with Crippen LogP contribution in [0.4, 0.5) is 0 Å². The predicted molar refractivity (Wildman–Crippen MR) is 121 cm³/mol. The molecule has 5 nitrogen and oxygen atoms in total. The van der Waals surface area contributed by atoms with Crippen molar-refractivity contribution >= 4 is 12.0 Å². The van der Waals surface area contributed by atoms with Crippen LogP contribution in [0.1, 0.15) is 49.3 Å². The molecule has 2 aromatic rings. The Hall–Kier alpha value is -2.79. The monoisotopic (exact) mass is 421 g/mol. The number of para-hydroxylation sites is 1. The van der Waals surface area contributed by atoms with Crippen molar-refractivity contribution in [3.63, 3.8) is 0 Å². The van der Waals surface area contributed by atoms with Crippen LogP contribution in [0.3, 0.4) is 0 Å². The first kappa shape index (κ1) is 21.4. The molecular weight excluding hydrogens is 390 g/mol. The molecule has 2 aromatic carbocycles. The van der Waals surface area contributed by atoms with E-state index in [2.05, 4.69) is 0 Å². The minimum atomic E-state index is -0.722. The van der Waals surface area contributed by atoms with Crippen LogP contribution in [-0.2, 0) is 4.79 Å². The highest BCUT2D eigenvalue weighted by molar-refractivity contribution is 5.92. The van der Waals surface area contributed by atoms with E-state index in [1.54, 1.807) is 20.3 Å². The molecule has 0 unspecified atom stereocenters. The van der Waals surface area contributed by atoms with Crippen LogP contribution in [-0.4, -0.2) is 42.3 Å². The summed E-state index contributed by atoms with van der Waals surface area (Å²) in [7, 11) is 3.29. The lowest BCUT2D eigenvalue weighted by Gasteiger charge is -2.52.